The Kier molecular flexibility index (Phi) is 5.07. The van der Waals surface area contributed by atoms with Gasteiger partial charge in [0.1, 0.15) is 0 Å². The Morgan fingerprint density at radius 2 is 2.31 bits per heavy atom. The maximum atomic E-state index is 11.7. The second kappa shape index (κ2) is 6.62. The summed E-state index contributed by atoms with van der Waals surface area (Å²) < 4.78 is 0. The van der Waals surface area contributed by atoms with Crippen LogP contribution in [0.2, 0.25) is 0 Å². The maximum absolute atomic E-state index is 11.7. The molecule has 0 aliphatic carbocycles. The molecule has 16 heavy (non-hydrogen) atoms. The molecule has 3 nitrogen and oxygen atoms in total. The van der Waals surface area contributed by atoms with E-state index in [1.54, 1.807) is 18.2 Å². The number of nitrogens with one attached hydrogen (secondary N) is 1. The summed E-state index contributed by atoms with van der Waals surface area (Å²) in [4.78, 5) is 11.7. The first-order valence-corrected chi connectivity index (χ1v) is 5.52. The van der Waals surface area contributed by atoms with Gasteiger partial charge in [0.25, 0.3) is 5.91 Å². The first kappa shape index (κ1) is 12.3. The minimum absolute atomic E-state index is 0.0618. The van der Waals surface area contributed by atoms with Crippen molar-refractivity contribution in [1.82, 2.24) is 5.32 Å². The maximum Gasteiger partial charge on any atom is 0.251 e. The highest BCUT2D eigenvalue weighted by atomic mass is 16.1. The molecule has 0 fully saturated rings. The number of unbranched alkanes of at least 4 members (excludes halogenated alkanes) is 1. The molecule has 0 aromatic heterocycles. The van der Waals surface area contributed by atoms with E-state index in [1.165, 1.54) is 0 Å². The quantitative estimate of drug-likeness (QED) is 0.768. The van der Waals surface area contributed by atoms with Gasteiger partial charge in [-0.05, 0) is 24.1 Å². The van der Waals surface area contributed by atoms with Crippen molar-refractivity contribution in [1.29, 1.82) is 5.26 Å². The molecular weight excluding hydrogens is 200 g/mol. The molecule has 0 atom stereocenters. The first-order valence-electron chi connectivity index (χ1n) is 5.52. The van der Waals surface area contributed by atoms with Gasteiger partial charge < -0.3 is 5.32 Å². The molecule has 3 heteroatoms. The second-order valence-electron chi connectivity index (χ2n) is 3.64. The molecule has 0 saturated carbocycles. The largest absolute Gasteiger partial charge is 0.352 e. The van der Waals surface area contributed by atoms with Gasteiger partial charge in [0.05, 0.1) is 12.5 Å². The Bertz CT molecular complexity index is 393. The van der Waals surface area contributed by atoms with Gasteiger partial charge in [-0.1, -0.05) is 25.5 Å². The van der Waals surface area contributed by atoms with Crippen LogP contribution in [0, 0.1) is 11.3 Å². The lowest BCUT2D eigenvalue weighted by Gasteiger charge is -2.05. The highest BCUT2D eigenvalue weighted by Gasteiger charge is 2.04. The summed E-state index contributed by atoms with van der Waals surface area (Å²) in [7, 11) is 0. The zero-order valence-corrected chi connectivity index (χ0v) is 9.49. The van der Waals surface area contributed by atoms with E-state index < -0.39 is 0 Å². The smallest absolute Gasteiger partial charge is 0.251 e. The molecule has 1 rings (SSSR count). The van der Waals surface area contributed by atoms with E-state index in [9.17, 15) is 4.79 Å². The number of amides is 1. The number of rotatable bonds is 5. The molecule has 1 aromatic rings. The highest BCUT2D eigenvalue weighted by Crippen LogP contribution is 2.05. The van der Waals surface area contributed by atoms with E-state index in [0.29, 0.717) is 18.5 Å². The number of hydrogen-bond donors (Lipinski definition) is 1. The number of hydrogen-bond acceptors (Lipinski definition) is 2. The van der Waals surface area contributed by atoms with E-state index in [2.05, 4.69) is 18.3 Å². The molecule has 1 aromatic carbocycles. The fourth-order valence-electron chi connectivity index (χ4n) is 1.39. The third-order valence-corrected chi connectivity index (χ3v) is 2.29. The summed E-state index contributed by atoms with van der Waals surface area (Å²) in [5.41, 5.74) is 1.51. The molecule has 0 unspecified atom stereocenters. The molecular formula is C13H16N2O. The lowest BCUT2D eigenvalue weighted by atomic mass is 10.1. The van der Waals surface area contributed by atoms with Gasteiger partial charge in [-0.2, -0.15) is 5.26 Å². The van der Waals surface area contributed by atoms with E-state index >= 15 is 0 Å². The van der Waals surface area contributed by atoms with Gasteiger partial charge in [0.2, 0.25) is 0 Å². The molecule has 0 spiro atoms. The Morgan fingerprint density at radius 1 is 1.50 bits per heavy atom. The Balaban J connectivity index is 2.61. The third-order valence-electron chi connectivity index (χ3n) is 2.29. The van der Waals surface area contributed by atoms with Gasteiger partial charge in [-0.25, -0.2) is 0 Å². The third kappa shape index (κ3) is 3.74. The number of nitrogens with zero attached hydrogens (tertiary/aromatic N) is 1. The van der Waals surface area contributed by atoms with Crippen LogP contribution in [0.15, 0.2) is 24.3 Å². The molecule has 0 saturated heterocycles. The predicted molar refractivity (Wildman–Crippen MR) is 63.0 cm³/mol. The Labute approximate surface area is 96.1 Å². The average Bonchev–Trinajstić information content (AvgIpc) is 2.30. The van der Waals surface area contributed by atoms with Crippen molar-refractivity contribution in [2.75, 3.05) is 6.54 Å². The van der Waals surface area contributed by atoms with E-state index in [4.69, 9.17) is 5.26 Å². The van der Waals surface area contributed by atoms with Gasteiger partial charge >= 0.3 is 0 Å². The zero-order valence-electron chi connectivity index (χ0n) is 9.49. The summed E-state index contributed by atoms with van der Waals surface area (Å²) >= 11 is 0. The molecule has 1 N–H and O–H groups in total. The minimum atomic E-state index is -0.0618. The van der Waals surface area contributed by atoms with Crippen LogP contribution in [0.4, 0.5) is 0 Å². The molecule has 1 amide bonds. The molecule has 0 heterocycles. The zero-order chi connectivity index (χ0) is 11.8. The lowest BCUT2D eigenvalue weighted by Crippen LogP contribution is -2.24. The van der Waals surface area contributed by atoms with Crippen LogP contribution in [0.1, 0.15) is 35.7 Å². The van der Waals surface area contributed by atoms with Crippen LogP contribution in [-0.4, -0.2) is 12.5 Å². The average molecular weight is 216 g/mol. The summed E-state index contributed by atoms with van der Waals surface area (Å²) in [6.07, 6.45) is 2.40. The van der Waals surface area contributed by atoms with Crippen LogP contribution in [0.3, 0.4) is 0 Å². The summed E-state index contributed by atoms with van der Waals surface area (Å²) in [5.74, 6) is -0.0618. The van der Waals surface area contributed by atoms with Crippen molar-refractivity contribution in [2.24, 2.45) is 0 Å². The summed E-state index contributed by atoms with van der Waals surface area (Å²) in [6, 6.07) is 9.27. The van der Waals surface area contributed by atoms with Crippen molar-refractivity contribution >= 4 is 5.91 Å². The van der Waals surface area contributed by atoms with Crippen molar-refractivity contribution in [3.63, 3.8) is 0 Å². The van der Waals surface area contributed by atoms with Crippen molar-refractivity contribution in [3.05, 3.63) is 35.4 Å². The summed E-state index contributed by atoms with van der Waals surface area (Å²) in [5, 5.41) is 11.4. The predicted octanol–water partition coefficient (Wildman–Crippen LogP) is 2.28. The van der Waals surface area contributed by atoms with Crippen LogP contribution < -0.4 is 5.32 Å². The van der Waals surface area contributed by atoms with Crippen LogP contribution in [0.25, 0.3) is 0 Å². The number of nitriles is 1. The van der Waals surface area contributed by atoms with Crippen molar-refractivity contribution in [3.8, 4) is 6.07 Å². The normalized spacial score (nSPS) is 9.50. The number of carbonyl (C=O) groups excluding carboxylic acids is 1. The van der Waals surface area contributed by atoms with E-state index in [0.717, 1.165) is 18.4 Å². The SMILES string of the molecule is CCCCNC(=O)c1cccc(CC#N)c1. The highest BCUT2D eigenvalue weighted by molar-refractivity contribution is 5.94. The fourth-order valence-corrected chi connectivity index (χ4v) is 1.39. The molecule has 0 aliphatic heterocycles. The van der Waals surface area contributed by atoms with Crippen LogP contribution in [0.5, 0.6) is 0 Å². The van der Waals surface area contributed by atoms with Gasteiger partial charge in [-0.15, -0.1) is 0 Å². The Hall–Kier alpha value is -1.82. The van der Waals surface area contributed by atoms with Gasteiger partial charge in [0.15, 0.2) is 0 Å². The topological polar surface area (TPSA) is 52.9 Å². The Morgan fingerprint density at radius 3 is 3.00 bits per heavy atom. The molecule has 0 radical (unpaired) electrons. The van der Waals surface area contributed by atoms with Crippen molar-refractivity contribution < 1.29 is 4.79 Å². The van der Waals surface area contributed by atoms with E-state index in [-0.39, 0.29) is 5.91 Å². The first-order chi connectivity index (χ1) is 7.77. The van der Waals surface area contributed by atoms with Crippen molar-refractivity contribution in [2.45, 2.75) is 26.2 Å². The van der Waals surface area contributed by atoms with Crippen LogP contribution >= 0.6 is 0 Å². The standard InChI is InChI=1S/C13H16N2O/c1-2-3-9-15-13(16)12-6-4-5-11(10-12)7-8-14/h4-6,10H,2-3,7,9H2,1H3,(H,15,16). The fraction of sp³-hybridized carbons (Fsp3) is 0.385. The number of carbonyl (C=O) groups is 1. The van der Waals surface area contributed by atoms with E-state index in [1.807, 2.05) is 6.07 Å². The van der Waals surface area contributed by atoms with Crippen LogP contribution in [-0.2, 0) is 6.42 Å². The second-order valence-corrected chi connectivity index (χ2v) is 3.64. The molecule has 0 aliphatic rings. The van der Waals surface area contributed by atoms with Gasteiger partial charge in [-0.3, -0.25) is 4.79 Å². The van der Waals surface area contributed by atoms with Gasteiger partial charge in [0, 0.05) is 12.1 Å². The minimum Gasteiger partial charge on any atom is -0.352 e. The monoisotopic (exact) mass is 216 g/mol. The molecule has 0 bridgehead atoms. The summed E-state index contributed by atoms with van der Waals surface area (Å²) in [6.45, 7) is 2.79. The lowest BCUT2D eigenvalue weighted by molar-refractivity contribution is 0.0953. The number of benzene rings is 1. The molecule has 84 valence electrons.